The molecule has 0 saturated heterocycles. The number of benzene rings is 2. The zero-order valence-corrected chi connectivity index (χ0v) is 22.7. The van der Waals surface area contributed by atoms with E-state index in [1.807, 2.05) is 42.5 Å². The summed E-state index contributed by atoms with van der Waals surface area (Å²) in [5.74, 6) is 2.48. The average molecular weight is 537 g/mol. The number of hydrogen-bond acceptors (Lipinski definition) is 4. The smallest absolute Gasteiger partial charge is 0.261 e. The lowest BCUT2D eigenvalue weighted by Crippen LogP contribution is -2.55. The van der Waals surface area contributed by atoms with Crippen molar-refractivity contribution in [2.45, 2.75) is 75.3 Å². The molecule has 1 unspecified atom stereocenters. The molecule has 2 saturated carbocycles. The number of aromatic hydroxyl groups is 1. The topological polar surface area (TPSA) is 102 Å². The second-order valence-electron chi connectivity index (χ2n) is 13.3. The number of phenolic OH excluding ortho intramolecular Hbond substituents is 1. The zero-order valence-electron chi connectivity index (χ0n) is 22.7. The number of pyridine rings is 1. The molecule has 1 heterocycles. The number of aromatic nitrogens is 1. The number of aromatic amines is 1. The Labute approximate surface area is 233 Å². The molecule has 6 atom stereocenters. The highest BCUT2D eigenvalue weighted by Gasteiger charge is 2.56. The van der Waals surface area contributed by atoms with Crippen LogP contribution in [-0.4, -0.2) is 27.2 Å². The first-order valence-electron chi connectivity index (χ1n) is 15.0. The molecule has 2 bridgehead atoms. The number of fused-ring (bicyclic) bond motifs is 3. The SMILES string of the molecule is O=C(N[C@H]1c2ccccc2C[C@H]1O)c1cc2c([nH]c1=O)C[C@]13CCC(CC4CC4)[C@H](Cc4ccc(O)cc41)[C@@H]3C2. The Morgan fingerprint density at radius 1 is 1.00 bits per heavy atom. The van der Waals surface area contributed by atoms with Crippen LogP contribution in [0.2, 0.25) is 0 Å². The van der Waals surface area contributed by atoms with Crippen LogP contribution < -0.4 is 10.9 Å². The first-order chi connectivity index (χ1) is 19.4. The van der Waals surface area contributed by atoms with Crippen molar-refractivity contribution in [3.8, 4) is 5.75 Å². The number of H-pyrrole nitrogens is 1. The number of rotatable bonds is 4. The van der Waals surface area contributed by atoms with Crippen LogP contribution in [0, 0.1) is 23.7 Å². The molecule has 1 aromatic heterocycles. The highest BCUT2D eigenvalue weighted by molar-refractivity contribution is 5.94. The van der Waals surface area contributed by atoms with Crippen LogP contribution in [0.5, 0.6) is 5.75 Å². The van der Waals surface area contributed by atoms with Crippen LogP contribution in [0.15, 0.2) is 53.3 Å². The van der Waals surface area contributed by atoms with E-state index in [9.17, 15) is 19.8 Å². The normalized spacial score (nSPS) is 31.5. The number of aliphatic hydroxyl groups is 1. The molecule has 3 aromatic rings. The lowest BCUT2D eigenvalue weighted by molar-refractivity contribution is 0.0289. The first kappa shape index (κ1) is 24.4. The van der Waals surface area contributed by atoms with Crippen molar-refractivity contribution < 1.29 is 15.0 Å². The highest BCUT2D eigenvalue weighted by atomic mass is 16.3. The number of carbonyl (C=O) groups is 1. The van der Waals surface area contributed by atoms with Gasteiger partial charge in [-0.3, -0.25) is 9.59 Å². The summed E-state index contributed by atoms with van der Waals surface area (Å²) in [5.41, 5.74) is 6.22. The minimum absolute atomic E-state index is 0.0889. The molecule has 2 fully saturated rings. The molecule has 8 rings (SSSR count). The van der Waals surface area contributed by atoms with E-state index in [4.69, 9.17) is 0 Å². The van der Waals surface area contributed by atoms with Gasteiger partial charge in [-0.25, -0.2) is 0 Å². The number of hydrogen-bond donors (Lipinski definition) is 4. The van der Waals surface area contributed by atoms with Gasteiger partial charge in [-0.15, -0.1) is 0 Å². The molecule has 5 aliphatic rings. The number of amides is 1. The van der Waals surface area contributed by atoms with E-state index in [2.05, 4.69) is 16.4 Å². The predicted octanol–water partition coefficient (Wildman–Crippen LogP) is 4.50. The first-order valence-corrected chi connectivity index (χ1v) is 15.0. The molecule has 40 heavy (non-hydrogen) atoms. The monoisotopic (exact) mass is 536 g/mol. The summed E-state index contributed by atoms with van der Waals surface area (Å²) in [5, 5.41) is 24.1. The largest absolute Gasteiger partial charge is 0.508 e. The van der Waals surface area contributed by atoms with Crippen LogP contribution in [0.1, 0.15) is 82.0 Å². The Morgan fingerprint density at radius 3 is 2.70 bits per heavy atom. The average Bonchev–Trinajstić information content (AvgIpc) is 3.71. The molecular formula is C34H36N2O4. The summed E-state index contributed by atoms with van der Waals surface area (Å²) in [7, 11) is 0. The Bertz CT molecular complexity index is 1590. The lowest BCUT2D eigenvalue weighted by atomic mass is 9.46. The fourth-order valence-corrected chi connectivity index (χ4v) is 9.06. The molecule has 4 N–H and O–H groups in total. The Morgan fingerprint density at radius 2 is 1.85 bits per heavy atom. The quantitative estimate of drug-likeness (QED) is 0.394. The van der Waals surface area contributed by atoms with Crippen molar-refractivity contribution in [1.29, 1.82) is 0 Å². The van der Waals surface area contributed by atoms with E-state index in [1.165, 1.54) is 36.8 Å². The van der Waals surface area contributed by atoms with E-state index in [0.29, 0.717) is 29.9 Å². The van der Waals surface area contributed by atoms with E-state index < -0.39 is 18.1 Å². The number of nitrogens with one attached hydrogen (secondary N) is 2. The number of phenols is 1. The molecule has 5 aliphatic carbocycles. The second-order valence-corrected chi connectivity index (χ2v) is 13.3. The van der Waals surface area contributed by atoms with Gasteiger partial charge in [-0.1, -0.05) is 43.2 Å². The van der Waals surface area contributed by atoms with Gasteiger partial charge in [0, 0.05) is 17.5 Å². The van der Waals surface area contributed by atoms with Gasteiger partial charge in [-0.05, 0) is 108 Å². The van der Waals surface area contributed by atoms with Crippen LogP contribution >= 0.6 is 0 Å². The highest BCUT2D eigenvalue weighted by Crippen LogP contribution is 2.60. The van der Waals surface area contributed by atoms with Gasteiger partial charge in [0.15, 0.2) is 0 Å². The van der Waals surface area contributed by atoms with E-state index in [-0.39, 0.29) is 16.5 Å². The van der Waals surface area contributed by atoms with Gasteiger partial charge in [0.05, 0.1) is 12.1 Å². The summed E-state index contributed by atoms with van der Waals surface area (Å²) in [6.45, 7) is 0. The summed E-state index contributed by atoms with van der Waals surface area (Å²) < 4.78 is 0. The number of aliphatic hydroxyl groups excluding tert-OH is 1. The fraction of sp³-hybridized carbons (Fsp3) is 0.471. The predicted molar refractivity (Wildman–Crippen MR) is 151 cm³/mol. The van der Waals surface area contributed by atoms with Crippen molar-refractivity contribution in [2.24, 2.45) is 23.7 Å². The van der Waals surface area contributed by atoms with Crippen molar-refractivity contribution in [2.75, 3.05) is 0 Å². The Hall–Kier alpha value is -3.38. The minimum Gasteiger partial charge on any atom is -0.508 e. The van der Waals surface area contributed by atoms with Crippen molar-refractivity contribution >= 4 is 5.91 Å². The van der Waals surface area contributed by atoms with E-state index in [1.54, 1.807) is 0 Å². The lowest BCUT2D eigenvalue weighted by Gasteiger charge is -2.58. The third kappa shape index (κ3) is 3.72. The molecule has 0 radical (unpaired) electrons. The van der Waals surface area contributed by atoms with Crippen molar-refractivity contribution in [3.05, 3.63) is 98.0 Å². The summed E-state index contributed by atoms with van der Waals surface area (Å²) in [6.07, 6.45) is 8.74. The zero-order chi connectivity index (χ0) is 27.2. The molecular weight excluding hydrogens is 500 g/mol. The van der Waals surface area contributed by atoms with Crippen LogP contribution in [-0.2, 0) is 31.1 Å². The maximum atomic E-state index is 13.5. The van der Waals surface area contributed by atoms with Gasteiger partial charge in [-0.2, -0.15) is 0 Å². The molecule has 206 valence electrons. The number of carbonyl (C=O) groups excluding carboxylic acids is 1. The van der Waals surface area contributed by atoms with Crippen LogP contribution in [0.4, 0.5) is 0 Å². The van der Waals surface area contributed by atoms with Gasteiger partial charge in [0.1, 0.15) is 11.3 Å². The molecule has 2 aromatic carbocycles. The van der Waals surface area contributed by atoms with Gasteiger partial charge >= 0.3 is 0 Å². The Balaban J connectivity index is 1.15. The van der Waals surface area contributed by atoms with Gasteiger partial charge in [0.2, 0.25) is 0 Å². The molecule has 6 heteroatoms. The van der Waals surface area contributed by atoms with Crippen molar-refractivity contribution in [3.63, 3.8) is 0 Å². The molecule has 6 nitrogen and oxygen atoms in total. The Kier molecular flexibility index (Phi) is 5.38. The summed E-state index contributed by atoms with van der Waals surface area (Å²) in [4.78, 5) is 29.9. The van der Waals surface area contributed by atoms with Crippen LogP contribution in [0.3, 0.4) is 0 Å². The molecule has 0 aliphatic heterocycles. The maximum absolute atomic E-state index is 13.5. The fourth-order valence-electron chi connectivity index (χ4n) is 9.06. The standard InChI is InChI=1S/C34H36N2O4/c37-23-8-7-21-12-25-20(11-18-5-6-18)9-10-34(27(21)16-23)17-29-22(14-28(25)34)13-26(32(39)35-29)33(40)36-31-24-4-2-1-3-19(24)15-30(31)38/h1-4,7-8,13,16,18,20,25,28,30-31,37-38H,5-6,9-12,14-15,17H2,(H,35,39)(H,36,40)/t20?,25-,28-,30+,31-,34+/m0/s1. The van der Waals surface area contributed by atoms with E-state index in [0.717, 1.165) is 54.0 Å². The maximum Gasteiger partial charge on any atom is 0.261 e. The van der Waals surface area contributed by atoms with Crippen LogP contribution in [0.25, 0.3) is 0 Å². The van der Waals surface area contributed by atoms with Crippen molar-refractivity contribution in [1.82, 2.24) is 10.3 Å². The second kappa shape index (κ2) is 8.81. The summed E-state index contributed by atoms with van der Waals surface area (Å²) >= 11 is 0. The third-order valence-electron chi connectivity index (χ3n) is 11.1. The van der Waals surface area contributed by atoms with E-state index >= 15 is 0 Å². The molecule has 1 amide bonds. The van der Waals surface area contributed by atoms with Gasteiger partial charge in [0.25, 0.3) is 11.5 Å². The molecule has 0 spiro atoms. The van der Waals surface area contributed by atoms with Gasteiger partial charge < -0.3 is 20.5 Å². The minimum atomic E-state index is -0.709. The third-order valence-corrected chi connectivity index (χ3v) is 11.1. The summed E-state index contributed by atoms with van der Waals surface area (Å²) in [6, 6.07) is 15.0.